The second-order valence-electron chi connectivity index (χ2n) is 5.14. The van der Waals surface area contributed by atoms with Gasteiger partial charge in [-0.3, -0.25) is 10.1 Å². The number of carboxylic acid groups (broad SMARTS) is 1. The molecule has 0 aliphatic heterocycles. The van der Waals surface area contributed by atoms with Crippen molar-refractivity contribution in [2.45, 2.75) is 13.5 Å². The lowest BCUT2D eigenvalue weighted by atomic mass is 10.1. The number of para-hydroxylation sites is 1. The summed E-state index contributed by atoms with van der Waals surface area (Å²) in [7, 11) is 0. The molecule has 0 bridgehead atoms. The Morgan fingerprint density at radius 2 is 2.04 bits per heavy atom. The van der Waals surface area contributed by atoms with Gasteiger partial charge >= 0.3 is 5.97 Å². The Balaban J connectivity index is 2.09. The molecule has 3 rings (SSSR count). The van der Waals surface area contributed by atoms with Crippen LogP contribution < -0.4 is 0 Å². The molecular weight excluding hydrogens is 298 g/mol. The van der Waals surface area contributed by atoms with Crippen molar-refractivity contribution >= 4 is 22.7 Å². The van der Waals surface area contributed by atoms with Gasteiger partial charge in [-0.2, -0.15) is 0 Å². The Kier molecular flexibility index (Phi) is 3.53. The van der Waals surface area contributed by atoms with Crippen LogP contribution in [0.25, 0.3) is 11.0 Å². The van der Waals surface area contributed by atoms with E-state index in [9.17, 15) is 14.9 Å². The number of benzene rings is 2. The van der Waals surface area contributed by atoms with Crippen LogP contribution >= 0.6 is 0 Å². The molecule has 0 aliphatic rings. The summed E-state index contributed by atoms with van der Waals surface area (Å²) in [5.74, 6) is -0.349. The van der Waals surface area contributed by atoms with Crippen molar-refractivity contribution in [1.82, 2.24) is 9.55 Å². The van der Waals surface area contributed by atoms with Crippen LogP contribution in [-0.4, -0.2) is 25.6 Å². The number of aromatic carboxylic acids is 1. The third-order valence-electron chi connectivity index (χ3n) is 3.70. The number of rotatable bonds is 4. The van der Waals surface area contributed by atoms with Crippen molar-refractivity contribution in [3.05, 3.63) is 69.5 Å². The quantitative estimate of drug-likeness (QED) is 0.590. The molecule has 7 nitrogen and oxygen atoms in total. The lowest BCUT2D eigenvalue weighted by Gasteiger charge is -2.07. The molecule has 2 aromatic carbocycles. The molecule has 0 radical (unpaired) electrons. The lowest BCUT2D eigenvalue weighted by Crippen LogP contribution is -2.05. The molecule has 0 saturated carbocycles. The first-order chi connectivity index (χ1) is 11.0. The van der Waals surface area contributed by atoms with Crippen LogP contribution in [0, 0.1) is 17.0 Å². The largest absolute Gasteiger partial charge is 0.478 e. The monoisotopic (exact) mass is 311 g/mol. The standard InChI is InChI=1S/C16H13N3O4/c1-10-17-13-8-11(16(20)21)6-7-15(13)18(10)9-12-4-2-3-5-14(12)19(22)23/h2-8H,9H2,1H3,(H,20,21). The van der Waals surface area contributed by atoms with Crippen LogP contribution in [0.1, 0.15) is 21.7 Å². The smallest absolute Gasteiger partial charge is 0.335 e. The van der Waals surface area contributed by atoms with Crippen LogP contribution in [0.3, 0.4) is 0 Å². The minimum atomic E-state index is -1.02. The lowest BCUT2D eigenvalue weighted by molar-refractivity contribution is -0.385. The van der Waals surface area contributed by atoms with E-state index in [4.69, 9.17) is 5.11 Å². The van der Waals surface area contributed by atoms with Crippen molar-refractivity contribution in [3.63, 3.8) is 0 Å². The number of fused-ring (bicyclic) bond motifs is 1. The third kappa shape index (κ3) is 2.64. The van der Waals surface area contributed by atoms with Crippen molar-refractivity contribution in [2.24, 2.45) is 0 Å². The van der Waals surface area contributed by atoms with E-state index >= 15 is 0 Å². The van der Waals surface area contributed by atoms with Crippen LogP contribution in [-0.2, 0) is 6.54 Å². The highest BCUT2D eigenvalue weighted by atomic mass is 16.6. The van der Waals surface area contributed by atoms with E-state index in [0.29, 0.717) is 23.4 Å². The number of nitrogens with zero attached hydrogens (tertiary/aromatic N) is 3. The van der Waals surface area contributed by atoms with Gasteiger partial charge in [0.2, 0.25) is 0 Å². The average molecular weight is 311 g/mol. The molecule has 3 aromatic rings. The van der Waals surface area contributed by atoms with Crippen LogP contribution in [0.5, 0.6) is 0 Å². The number of hydrogen-bond acceptors (Lipinski definition) is 4. The van der Waals surface area contributed by atoms with E-state index in [0.717, 1.165) is 5.52 Å². The Labute approximate surface area is 131 Å². The zero-order chi connectivity index (χ0) is 16.6. The molecule has 1 aromatic heterocycles. The fourth-order valence-electron chi connectivity index (χ4n) is 2.58. The number of imidazole rings is 1. The molecular formula is C16H13N3O4. The summed E-state index contributed by atoms with van der Waals surface area (Å²) in [5.41, 5.74) is 2.08. The Morgan fingerprint density at radius 3 is 2.74 bits per heavy atom. The number of aromatic nitrogens is 2. The fraction of sp³-hybridized carbons (Fsp3) is 0.125. The highest BCUT2D eigenvalue weighted by Gasteiger charge is 2.16. The second-order valence-corrected chi connectivity index (χ2v) is 5.14. The number of nitro benzene ring substituents is 1. The predicted octanol–water partition coefficient (Wildman–Crippen LogP) is 3.00. The van der Waals surface area contributed by atoms with Gasteiger partial charge in [-0.1, -0.05) is 18.2 Å². The molecule has 0 fully saturated rings. The molecule has 1 N–H and O–H groups in total. The molecule has 23 heavy (non-hydrogen) atoms. The average Bonchev–Trinajstić information content (AvgIpc) is 2.82. The Bertz CT molecular complexity index is 930. The van der Waals surface area contributed by atoms with Crippen LogP contribution in [0.2, 0.25) is 0 Å². The Hall–Kier alpha value is -3.22. The van der Waals surface area contributed by atoms with Gasteiger partial charge in [0.1, 0.15) is 5.82 Å². The fourth-order valence-corrected chi connectivity index (χ4v) is 2.58. The van der Waals surface area contributed by atoms with Crippen LogP contribution in [0.15, 0.2) is 42.5 Å². The summed E-state index contributed by atoms with van der Waals surface area (Å²) in [5, 5.41) is 20.2. The summed E-state index contributed by atoms with van der Waals surface area (Å²) in [6.45, 7) is 2.08. The molecule has 0 aliphatic carbocycles. The summed E-state index contributed by atoms with van der Waals surface area (Å²) < 4.78 is 1.84. The SMILES string of the molecule is Cc1nc2cc(C(=O)O)ccc2n1Cc1ccccc1[N+](=O)[O-]. The number of hydrogen-bond donors (Lipinski definition) is 1. The van der Waals surface area contributed by atoms with Crippen molar-refractivity contribution < 1.29 is 14.8 Å². The molecule has 7 heteroatoms. The number of carbonyl (C=O) groups is 1. The van der Waals surface area contributed by atoms with Crippen molar-refractivity contribution in [3.8, 4) is 0 Å². The summed E-state index contributed by atoms with van der Waals surface area (Å²) in [4.78, 5) is 26.1. The topological polar surface area (TPSA) is 98.3 Å². The van der Waals surface area contributed by atoms with Gasteiger partial charge in [0.05, 0.1) is 28.1 Å². The van der Waals surface area contributed by atoms with Crippen molar-refractivity contribution in [1.29, 1.82) is 0 Å². The van der Waals surface area contributed by atoms with Gasteiger partial charge in [0.15, 0.2) is 0 Å². The maximum atomic E-state index is 11.1. The van der Waals surface area contributed by atoms with Gasteiger partial charge < -0.3 is 9.67 Å². The number of nitro groups is 1. The van der Waals surface area contributed by atoms with Crippen LogP contribution in [0.4, 0.5) is 5.69 Å². The summed E-state index contributed by atoms with van der Waals surface area (Å²) in [6, 6.07) is 11.2. The first-order valence-corrected chi connectivity index (χ1v) is 6.90. The van der Waals surface area contributed by atoms with Gasteiger partial charge in [0, 0.05) is 11.6 Å². The molecule has 0 unspecified atom stereocenters. The highest BCUT2D eigenvalue weighted by molar-refractivity contribution is 5.92. The molecule has 0 atom stereocenters. The second kappa shape index (κ2) is 5.53. The first-order valence-electron chi connectivity index (χ1n) is 6.90. The zero-order valence-electron chi connectivity index (χ0n) is 12.3. The predicted molar refractivity (Wildman–Crippen MR) is 83.6 cm³/mol. The molecule has 0 spiro atoms. The number of carboxylic acids is 1. The van der Waals surface area contributed by atoms with Gasteiger partial charge in [-0.15, -0.1) is 0 Å². The van der Waals surface area contributed by atoms with E-state index in [-0.39, 0.29) is 11.3 Å². The maximum absolute atomic E-state index is 11.1. The van der Waals surface area contributed by atoms with Gasteiger partial charge in [0.25, 0.3) is 5.69 Å². The van der Waals surface area contributed by atoms with E-state index in [1.54, 1.807) is 31.2 Å². The zero-order valence-corrected chi connectivity index (χ0v) is 12.3. The van der Waals surface area contributed by atoms with E-state index in [1.807, 2.05) is 4.57 Å². The molecule has 1 heterocycles. The van der Waals surface area contributed by atoms with E-state index in [2.05, 4.69) is 4.98 Å². The maximum Gasteiger partial charge on any atom is 0.335 e. The molecule has 0 saturated heterocycles. The Morgan fingerprint density at radius 1 is 1.30 bits per heavy atom. The first kappa shape index (κ1) is 14.7. The number of aryl methyl sites for hydroxylation is 1. The van der Waals surface area contributed by atoms with E-state index < -0.39 is 10.9 Å². The highest BCUT2D eigenvalue weighted by Crippen LogP contribution is 2.23. The minimum Gasteiger partial charge on any atom is -0.478 e. The summed E-state index contributed by atoms with van der Waals surface area (Å²) >= 11 is 0. The van der Waals surface area contributed by atoms with E-state index in [1.165, 1.54) is 18.2 Å². The normalized spacial score (nSPS) is 10.8. The third-order valence-corrected chi connectivity index (χ3v) is 3.70. The minimum absolute atomic E-state index is 0.0518. The molecule has 116 valence electrons. The van der Waals surface area contributed by atoms with Crippen molar-refractivity contribution in [2.75, 3.05) is 0 Å². The summed E-state index contributed by atoms with van der Waals surface area (Å²) in [6.07, 6.45) is 0. The molecule has 0 amide bonds. The van der Waals surface area contributed by atoms with Gasteiger partial charge in [-0.05, 0) is 25.1 Å². The van der Waals surface area contributed by atoms with Gasteiger partial charge in [-0.25, -0.2) is 9.78 Å².